The normalized spacial score (nSPS) is 17.0. The molecule has 3 aromatic rings. The molecule has 1 amide bonds. The van der Waals surface area contributed by atoms with Gasteiger partial charge in [0, 0.05) is 63.2 Å². The molecule has 210 valence electrons. The lowest BCUT2D eigenvalue weighted by molar-refractivity contribution is -0.145. The zero-order valence-corrected chi connectivity index (χ0v) is 22.2. The predicted octanol–water partition coefficient (Wildman–Crippen LogP) is 3.71. The summed E-state index contributed by atoms with van der Waals surface area (Å²) in [6.45, 7) is 4.10. The summed E-state index contributed by atoms with van der Waals surface area (Å²) in [4.78, 5) is 29.4. The van der Waals surface area contributed by atoms with Crippen molar-refractivity contribution in [1.82, 2.24) is 25.2 Å². The highest BCUT2D eigenvalue weighted by Crippen LogP contribution is 2.30. The van der Waals surface area contributed by atoms with Gasteiger partial charge in [-0.05, 0) is 37.1 Å². The number of anilines is 1. The van der Waals surface area contributed by atoms with Gasteiger partial charge >= 0.3 is 6.18 Å². The van der Waals surface area contributed by atoms with Crippen molar-refractivity contribution in [2.45, 2.75) is 25.1 Å². The first-order valence-electron chi connectivity index (χ1n) is 12.6. The number of nitrogens with one attached hydrogen (secondary N) is 1. The number of pyridine rings is 1. The zero-order chi connectivity index (χ0) is 28.0. The molecule has 9 nitrogen and oxygen atoms in total. The van der Waals surface area contributed by atoms with Crippen LogP contribution in [0.15, 0.2) is 36.7 Å². The highest BCUT2D eigenvalue weighted by Gasteiger charge is 2.35. The number of alkyl halides is 3. The Labute approximate surface area is 229 Å². The van der Waals surface area contributed by atoms with Crippen LogP contribution in [0.5, 0.6) is 0 Å². The van der Waals surface area contributed by atoms with Gasteiger partial charge in [0.05, 0.1) is 35.4 Å². The maximum absolute atomic E-state index is 13.4. The summed E-state index contributed by atoms with van der Waals surface area (Å²) in [5.74, 6) is -0.727. The minimum atomic E-state index is -4.63. The topological polar surface area (TPSA) is 104 Å². The first-order valence-corrected chi connectivity index (χ1v) is 13.0. The minimum Gasteiger partial charge on any atom is -0.400 e. The molecule has 5 rings (SSSR count). The number of rotatable bonds is 6. The van der Waals surface area contributed by atoms with Gasteiger partial charge in [0.15, 0.2) is 0 Å². The molecule has 2 N–H and O–H groups in total. The summed E-state index contributed by atoms with van der Waals surface area (Å²) in [5.41, 5.74) is 1.44. The number of benzene rings is 1. The van der Waals surface area contributed by atoms with Gasteiger partial charge in [-0.1, -0.05) is 11.6 Å². The van der Waals surface area contributed by atoms with Crippen LogP contribution in [0.3, 0.4) is 0 Å². The van der Waals surface area contributed by atoms with Crippen LogP contribution in [0.2, 0.25) is 5.02 Å². The molecule has 2 saturated heterocycles. The Balaban J connectivity index is 0.00000172. The molecule has 1 aromatic carbocycles. The molecule has 0 bridgehead atoms. The Bertz CT molecular complexity index is 1270. The Hall–Kier alpha value is -3.06. The Kier molecular flexibility index (Phi) is 9.54. The van der Waals surface area contributed by atoms with E-state index in [1.807, 2.05) is 17.0 Å². The molecule has 0 spiro atoms. The van der Waals surface area contributed by atoms with Gasteiger partial charge in [-0.2, -0.15) is 13.2 Å². The fourth-order valence-corrected chi connectivity index (χ4v) is 5.05. The smallest absolute Gasteiger partial charge is 0.400 e. The maximum Gasteiger partial charge on any atom is 0.451 e. The van der Waals surface area contributed by atoms with Crippen LogP contribution in [-0.2, 0) is 10.9 Å². The molecule has 1 atom stereocenters. The number of fused-ring (bicyclic) bond motifs is 1. The van der Waals surface area contributed by atoms with E-state index in [1.165, 1.54) is 0 Å². The van der Waals surface area contributed by atoms with Crippen LogP contribution in [0.4, 0.5) is 19.0 Å². The lowest BCUT2D eigenvalue weighted by Crippen LogP contribution is -2.44. The van der Waals surface area contributed by atoms with Gasteiger partial charge in [-0.3, -0.25) is 9.69 Å². The number of carbonyl (C=O) groups excluding carboxylic acids is 1. The van der Waals surface area contributed by atoms with Crippen LogP contribution >= 0.6 is 11.6 Å². The van der Waals surface area contributed by atoms with Gasteiger partial charge in [-0.15, -0.1) is 0 Å². The Morgan fingerprint density at radius 2 is 1.74 bits per heavy atom. The standard InChI is InChI=1S/C25H26ClF3N6O2.CH4O/c26-18-4-5-19-17(3-6-21(33-19)35-7-1-2-8-35)22(18)23(36)30-15-20(34-9-11-37-12-10-34)16-13-31-24(32-14-16)25(27,28)29;1-2/h3-6,13-14,20H,1-2,7-12,15H2,(H,30,36);2H,1H3. The van der Waals surface area contributed by atoms with E-state index < -0.39 is 23.9 Å². The molecule has 39 heavy (non-hydrogen) atoms. The van der Waals surface area contributed by atoms with E-state index in [-0.39, 0.29) is 6.54 Å². The third-order valence-electron chi connectivity index (χ3n) is 6.72. The van der Waals surface area contributed by atoms with Crippen molar-refractivity contribution in [3.8, 4) is 0 Å². The van der Waals surface area contributed by atoms with Crippen molar-refractivity contribution >= 4 is 34.2 Å². The molecule has 2 aliphatic heterocycles. The summed E-state index contributed by atoms with van der Waals surface area (Å²) < 4.78 is 44.3. The number of aliphatic hydroxyl groups excluding tert-OH is 1. The number of aromatic nitrogens is 3. The van der Waals surface area contributed by atoms with Crippen molar-refractivity contribution < 1.29 is 27.8 Å². The summed E-state index contributed by atoms with van der Waals surface area (Å²) in [7, 11) is 1.00. The molecule has 2 fully saturated rings. The fraction of sp³-hybridized carbons (Fsp3) is 0.462. The lowest BCUT2D eigenvalue weighted by atomic mass is 10.1. The molecular weight excluding hydrogens is 537 g/mol. The summed E-state index contributed by atoms with van der Waals surface area (Å²) in [6.07, 6.45) is -0.0485. The number of morpholine rings is 1. The fourth-order valence-electron chi connectivity index (χ4n) is 4.80. The minimum absolute atomic E-state index is 0.125. The molecule has 2 aliphatic rings. The summed E-state index contributed by atoms with van der Waals surface area (Å²) >= 11 is 6.45. The van der Waals surface area contributed by atoms with Crippen LogP contribution in [0.1, 0.15) is 40.6 Å². The van der Waals surface area contributed by atoms with E-state index in [0.29, 0.717) is 53.4 Å². The van der Waals surface area contributed by atoms with Crippen LogP contribution in [0, 0.1) is 0 Å². The number of hydrogen-bond donors (Lipinski definition) is 2. The SMILES string of the molecule is CO.O=C(NCC(c1cnc(C(F)(F)F)nc1)N1CCOCC1)c1c(Cl)ccc2nc(N3CCCC3)ccc12. The maximum atomic E-state index is 13.4. The van der Waals surface area contributed by atoms with Crippen LogP contribution in [-0.4, -0.2) is 83.9 Å². The molecule has 1 unspecified atom stereocenters. The van der Waals surface area contributed by atoms with E-state index in [2.05, 4.69) is 20.2 Å². The van der Waals surface area contributed by atoms with Gasteiger partial charge in [-0.25, -0.2) is 15.0 Å². The van der Waals surface area contributed by atoms with E-state index in [4.69, 9.17) is 26.4 Å². The van der Waals surface area contributed by atoms with E-state index in [1.54, 1.807) is 12.1 Å². The Morgan fingerprint density at radius 1 is 1.08 bits per heavy atom. The molecule has 0 aliphatic carbocycles. The molecule has 0 radical (unpaired) electrons. The van der Waals surface area contributed by atoms with E-state index in [9.17, 15) is 18.0 Å². The Morgan fingerprint density at radius 3 is 2.38 bits per heavy atom. The molecular formula is C26H30ClF3N6O3. The third kappa shape index (κ3) is 6.75. The third-order valence-corrected chi connectivity index (χ3v) is 7.03. The largest absolute Gasteiger partial charge is 0.451 e. The van der Waals surface area contributed by atoms with Crippen LogP contribution < -0.4 is 10.2 Å². The highest BCUT2D eigenvalue weighted by molar-refractivity contribution is 6.35. The van der Waals surface area contributed by atoms with Crippen molar-refractivity contribution in [1.29, 1.82) is 0 Å². The monoisotopic (exact) mass is 566 g/mol. The highest BCUT2D eigenvalue weighted by atomic mass is 35.5. The molecule has 4 heterocycles. The molecule has 0 saturated carbocycles. The number of nitrogens with zero attached hydrogens (tertiary/aromatic N) is 5. The van der Waals surface area contributed by atoms with Crippen molar-refractivity contribution in [3.63, 3.8) is 0 Å². The zero-order valence-electron chi connectivity index (χ0n) is 21.4. The van der Waals surface area contributed by atoms with Crippen molar-refractivity contribution in [3.05, 3.63) is 58.6 Å². The van der Waals surface area contributed by atoms with E-state index in [0.717, 1.165) is 51.3 Å². The number of carbonyl (C=O) groups is 1. The second-order valence-corrected chi connectivity index (χ2v) is 9.47. The predicted molar refractivity (Wildman–Crippen MR) is 141 cm³/mol. The quantitative estimate of drug-likeness (QED) is 0.465. The van der Waals surface area contributed by atoms with Gasteiger partial charge in [0.25, 0.3) is 5.91 Å². The van der Waals surface area contributed by atoms with Gasteiger partial charge in [0.1, 0.15) is 5.82 Å². The first kappa shape index (κ1) is 28.9. The van der Waals surface area contributed by atoms with Crippen LogP contribution in [0.25, 0.3) is 10.9 Å². The average Bonchev–Trinajstić information content (AvgIpc) is 3.49. The number of hydrogen-bond acceptors (Lipinski definition) is 8. The van der Waals surface area contributed by atoms with Crippen molar-refractivity contribution in [2.75, 3.05) is 57.9 Å². The van der Waals surface area contributed by atoms with E-state index >= 15 is 0 Å². The molecule has 13 heteroatoms. The summed E-state index contributed by atoms with van der Waals surface area (Å²) in [5, 5.41) is 10.8. The van der Waals surface area contributed by atoms with Gasteiger partial charge in [0.2, 0.25) is 5.82 Å². The van der Waals surface area contributed by atoms with Crippen molar-refractivity contribution in [2.24, 2.45) is 0 Å². The number of aliphatic hydroxyl groups is 1. The first-order chi connectivity index (χ1) is 18.8. The second-order valence-electron chi connectivity index (χ2n) is 9.06. The number of amides is 1. The number of ether oxygens (including phenoxy) is 1. The average molecular weight is 567 g/mol. The summed E-state index contributed by atoms with van der Waals surface area (Å²) in [6, 6.07) is 6.77. The van der Waals surface area contributed by atoms with Gasteiger partial charge < -0.3 is 20.1 Å². The molecule has 2 aromatic heterocycles. The number of halogens is 4. The lowest BCUT2D eigenvalue weighted by Gasteiger charge is -2.34. The second kappa shape index (κ2) is 12.9.